The van der Waals surface area contributed by atoms with Crippen molar-refractivity contribution < 1.29 is 0 Å². The van der Waals surface area contributed by atoms with Crippen LogP contribution in [0.2, 0.25) is 0 Å². The quantitative estimate of drug-likeness (QED) is 0.154. The minimum absolute atomic E-state index is 0.636. The van der Waals surface area contributed by atoms with Crippen molar-refractivity contribution in [3.8, 4) is 90.6 Å². The number of aromatic nitrogens is 6. The number of fused-ring (bicyclic) bond motifs is 1. The number of hydrogen-bond acceptors (Lipinski definition) is 6. The SMILES string of the molecule is c1ccc(-c2nc(-c3ccccc3)nc(-c3ccc(-c4ccc5ccc(-c6ccc(-c7nc(-c8ccccc8)nc(-c8ccccc8)n7)cc6)cc5c4)cc3)n2)cc1. The van der Waals surface area contributed by atoms with Crippen molar-refractivity contribution in [1.82, 2.24) is 29.9 Å². The molecule has 6 nitrogen and oxygen atoms in total. The van der Waals surface area contributed by atoms with Crippen molar-refractivity contribution in [1.29, 1.82) is 0 Å². The van der Waals surface area contributed by atoms with Crippen LogP contribution in [0.25, 0.3) is 101 Å². The van der Waals surface area contributed by atoms with Crippen LogP contribution in [0.15, 0.2) is 206 Å². The Balaban J connectivity index is 0.941. The molecular weight excluding hydrogens is 709 g/mol. The molecule has 272 valence electrons. The number of nitrogens with zero attached hydrogens (tertiary/aromatic N) is 6. The van der Waals surface area contributed by atoms with E-state index in [4.69, 9.17) is 29.9 Å². The molecule has 8 aromatic carbocycles. The summed E-state index contributed by atoms with van der Waals surface area (Å²) in [6, 6.07) is 70.4. The van der Waals surface area contributed by atoms with E-state index in [9.17, 15) is 0 Å². The van der Waals surface area contributed by atoms with Crippen LogP contribution in [0.1, 0.15) is 0 Å². The molecule has 0 saturated carbocycles. The molecule has 0 unspecified atom stereocenters. The number of benzene rings is 8. The van der Waals surface area contributed by atoms with Gasteiger partial charge in [-0.2, -0.15) is 0 Å². The standard InChI is InChI=1S/C52H34N6/c1-5-13-38(14-6-1)47-53-48(39-15-7-2-8-16-39)56-51(55-47)42-27-21-35(22-28-42)44-31-25-37-26-32-45(34-46(37)33-44)36-23-29-43(30-24-36)52-57-49(40-17-9-3-10-18-40)54-50(58-52)41-19-11-4-12-20-41/h1-34H. The second-order valence-corrected chi connectivity index (χ2v) is 14.0. The van der Waals surface area contributed by atoms with Gasteiger partial charge < -0.3 is 0 Å². The normalized spacial score (nSPS) is 11.1. The molecule has 0 N–H and O–H groups in total. The van der Waals surface area contributed by atoms with Gasteiger partial charge in [0.2, 0.25) is 0 Å². The van der Waals surface area contributed by atoms with Gasteiger partial charge in [0, 0.05) is 33.4 Å². The molecule has 0 amide bonds. The van der Waals surface area contributed by atoms with E-state index in [2.05, 4.69) is 84.9 Å². The lowest BCUT2D eigenvalue weighted by molar-refractivity contribution is 1.07. The van der Waals surface area contributed by atoms with Gasteiger partial charge in [0.05, 0.1) is 0 Å². The summed E-state index contributed by atoms with van der Waals surface area (Å²) in [7, 11) is 0. The highest BCUT2D eigenvalue weighted by Crippen LogP contribution is 2.32. The second kappa shape index (κ2) is 15.3. The molecule has 0 fully saturated rings. The molecule has 10 rings (SSSR count). The van der Waals surface area contributed by atoms with Gasteiger partial charge in [-0.3, -0.25) is 0 Å². The smallest absolute Gasteiger partial charge is 0.164 e. The van der Waals surface area contributed by atoms with Crippen molar-refractivity contribution in [3.63, 3.8) is 0 Å². The van der Waals surface area contributed by atoms with E-state index in [1.54, 1.807) is 0 Å². The average Bonchev–Trinajstić information content (AvgIpc) is 3.32. The first-order valence-electron chi connectivity index (χ1n) is 19.2. The molecule has 0 aliphatic rings. The zero-order valence-corrected chi connectivity index (χ0v) is 31.3. The monoisotopic (exact) mass is 742 g/mol. The van der Waals surface area contributed by atoms with Crippen LogP contribution in [0.4, 0.5) is 0 Å². The zero-order valence-electron chi connectivity index (χ0n) is 31.3. The largest absolute Gasteiger partial charge is 0.208 e. The van der Waals surface area contributed by atoms with Crippen molar-refractivity contribution in [2.75, 3.05) is 0 Å². The van der Waals surface area contributed by atoms with E-state index in [-0.39, 0.29) is 0 Å². The van der Waals surface area contributed by atoms with Crippen LogP contribution >= 0.6 is 0 Å². The van der Waals surface area contributed by atoms with E-state index in [1.807, 2.05) is 121 Å². The average molecular weight is 743 g/mol. The lowest BCUT2D eigenvalue weighted by Gasteiger charge is -2.10. The number of rotatable bonds is 8. The molecule has 2 heterocycles. The first kappa shape index (κ1) is 34.5. The van der Waals surface area contributed by atoms with E-state index >= 15 is 0 Å². The summed E-state index contributed by atoms with van der Waals surface area (Å²) in [6.45, 7) is 0. The Morgan fingerprint density at radius 2 is 0.397 bits per heavy atom. The van der Waals surface area contributed by atoms with Crippen molar-refractivity contribution in [2.45, 2.75) is 0 Å². The first-order valence-corrected chi connectivity index (χ1v) is 19.2. The van der Waals surface area contributed by atoms with Gasteiger partial charge in [0.15, 0.2) is 34.9 Å². The third-order valence-corrected chi connectivity index (χ3v) is 10.2. The summed E-state index contributed by atoms with van der Waals surface area (Å²) in [5.74, 6) is 3.86. The van der Waals surface area contributed by atoms with Crippen LogP contribution < -0.4 is 0 Å². The Bertz CT molecular complexity index is 2690. The van der Waals surface area contributed by atoms with Crippen LogP contribution in [-0.4, -0.2) is 29.9 Å². The Morgan fingerprint density at radius 1 is 0.172 bits per heavy atom. The maximum Gasteiger partial charge on any atom is 0.164 e. The third-order valence-electron chi connectivity index (χ3n) is 10.2. The predicted octanol–water partition coefficient (Wildman–Crippen LogP) is 12.5. The van der Waals surface area contributed by atoms with Crippen LogP contribution in [0.5, 0.6) is 0 Å². The van der Waals surface area contributed by atoms with Crippen molar-refractivity contribution >= 4 is 10.8 Å². The van der Waals surface area contributed by atoms with Crippen molar-refractivity contribution in [3.05, 3.63) is 206 Å². The Morgan fingerprint density at radius 3 is 0.672 bits per heavy atom. The van der Waals surface area contributed by atoms with E-state index in [1.165, 1.54) is 5.39 Å². The minimum atomic E-state index is 0.636. The fourth-order valence-electron chi connectivity index (χ4n) is 7.10. The highest BCUT2D eigenvalue weighted by molar-refractivity contribution is 5.91. The topological polar surface area (TPSA) is 77.3 Å². The molecule has 6 heteroatoms. The van der Waals surface area contributed by atoms with E-state index in [0.717, 1.165) is 61.0 Å². The molecule has 0 aliphatic carbocycles. The summed E-state index contributed by atoms with van der Waals surface area (Å²) in [5.41, 5.74) is 10.1. The molecule has 10 aromatic rings. The lowest BCUT2D eigenvalue weighted by atomic mass is 9.96. The summed E-state index contributed by atoms with van der Waals surface area (Å²) >= 11 is 0. The minimum Gasteiger partial charge on any atom is -0.208 e. The fraction of sp³-hybridized carbons (Fsp3) is 0. The van der Waals surface area contributed by atoms with Gasteiger partial charge in [-0.05, 0) is 45.2 Å². The maximum absolute atomic E-state index is 4.90. The molecule has 0 atom stereocenters. The van der Waals surface area contributed by atoms with Gasteiger partial charge >= 0.3 is 0 Å². The highest BCUT2D eigenvalue weighted by atomic mass is 15.0. The summed E-state index contributed by atoms with van der Waals surface area (Å²) in [4.78, 5) is 29.3. The van der Waals surface area contributed by atoms with Gasteiger partial charge in [-0.15, -0.1) is 0 Å². The summed E-state index contributed by atoms with van der Waals surface area (Å²) in [6.07, 6.45) is 0. The first-order chi connectivity index (χ1) is 28.7. The second-order valence-electron chi connectivity index (χ2n) is 14.0. The Kier molecular flexibility index (Phi) is 9.10. The summed E-state index contributed by atoms with van der Waals surface area (Å²) in [5, 5.41) is 2.35. The molecule has 0 aliphatic heterocycles. The van der Waals surface area contributed by atoms with Gasteiger partial charge in [-0.1, -0.05) is 194 Å². The maximum atomic E-state index is 4.90. The van der Waals surface area contributed by atoms with Crippen LogP contribution in [0.3, 0.4) is 0 Å². The van der Waals surface area contributed by atoms with E-state index in [0.29, 0.717) is 34.9 Å². The third kappa shape index (κ3) is 7.14. The molecule has 0 spiro atoms. The van der Waals surface area contributed by atoms with E-state index < -0.39 is 0 Å². The van der Waals surface area contributed by atoms with Crippen molar-refractivity contribution in [2.24, 2.45) is 0 Å². The van der Waals surface area contributed by atoms with Gasteiger partial charge in [-0.25, -0.2) is 29.9 Å². The zero-order chi connectivity index (χ0) is 38.7. The fourth-order valence-corrected chi connectivity index (χ4v) is 7.10. The van der Waals surface area contributed by atoms with Gasteiger partial charge in [0.1, 0.15) is 0 Å². The molecule has 2 aromatic heterocycles. The molecule has 0 bridgehead atoms. The Labute approximate surface area is 336 Å². The lowest BCUT2D eigenvalue weighted by Crippen LogP contribution is -2.00. The van der Waals surface area contributed by atoms with Gasteiger partial charge in [0.25, 0.3) is 0 Å². The highest BCUT2D eigenvalue weighted by Gasteiger charge is 2.14. The van der Waals surface area contributed by atoms with Crippen LogP contribution in [-0.2, 0) is 0 Å². The van der Waals surface area contributed by atoms with Crippen LogP contribution in [0, 0.1) is 0 Å². The summed E-state index contributed by atoms with van der Waals surface area (Å²) < 4.78 is 0. The Hall–Kier alpha value is -7.96. The molecule has 58 heavy (non-hydrogen) atoms. The molecule has 0 saturated heterocycles. The predicted molar refractivity (Wildman–Crippen MR) is 234 cm³/mol. The number of hydrogen-bond donors (Lipinski definition) is 0. The molecule has 0 radical (unpaired) electrons. The molecular formula is C52H34N6.